The maximum Gasteiger partial charge on any atom is 0.274 e. The number of H-pyrrole nitrogens is 2. The van der Waals surface area contributed by atoms with E-state index >= 15 is 0 Å². The van der Waals surface area contributed by atoms with Gasteiger partial charge < -0.3 is 9.64 Å². The third-order valence-corrected chi connectivity index (χ3v) is 6.59. The molecular formula is C23H26ClN5O2. The second-order valence-electron chi connectivity index (χ2n) is 8.36. The van der Waals surface area contributed by atoms with Gasteiger partial charge in [-0.05, 0) is 50.3 Å². The van der Waals surface area contributed by atoms with E-state index in [2.05, 4.69) is 20.4 Å². The second kappa shape index (κ2) is 8.75. The van der Waals surface area contributed by atoms with Gasteiger partial charge in [-0.3, -0.25) is 15.0 Å². The van der Waals surface area contributed by atoms with Gasteiger partial charge in [-0.1, -0.05) is 30.2 Å². The van der Waals surface area contributed by atoms with Crippen molar-refractivity contribution in [2.75, 3.05) is 13.1 Å². The summed E-state index contributed by atoms with van der Waals surface area (Å²) in [6.07, 6.45) is 6.33. The summed E-state index contributed by atoms with van der Waals surface area (Å²) < 4.78 is 5.79. The molecule has 1 aromatic carbocycles. The van der Waals surface area contributed by atoms with Crippen molar-refractivity contribution >= 4 is 17.5 Å². The maximum absolute atomic E-state index is 13.1. The third kappa shape index (κ3) is 4.19. The fourth-order valence-electron chi connectivity index (χ4n) is 4.55. The van der Waals surface area contributed by atoms with Crippen LogP contribution in [0.2, 0.25) is 5.02 Å². The first-order valence-electron chi connectivity index (χ1n) is 11.0. The molecule has 7 nitrogen and oxygen atoms in total. The minimum atomic E-state index is 0.0414. The molecule has 2 aromatic heterocycles. The lowest BCUT2D eigenvalue weighted by Gasteiger charge is -2.15. The molecule has 1 unspecified atom stereocenters. The van der Waals surface area contributed by atoms with Crippen LogP contribution in [0, 0.1) is 0 Å². The first kappa shape index (κ1) is 20.1. The Morgan fingerprint density at radius 1 is 1.16 bits per heavy atom. The molecule has 3 heterocycles. The number of aromatic amines is 2. The van der Waals surface area contributed by atoms with Gasteiger partial charge in [0.25, 0.3) is 5.91 Å². The zero-order valence-electron chi connectivity index (χ0n) is 17.4. The van der Waals surface area contributed by atoms with Crippen LogP contribution < -0.4 is 4.74 Å². The summed E-state index contributed by atoms with van der Waals surface area (Å²) in [7, 11) is 0. The topological polar surface area (TPSA) is 86.9 Å². The number of rotatable bonds is 5. The van der Waals surface area contributed by atoms with E-state index in [0.717, 1.165) is 61.3 Å². The number of fused-ring (bicyclic) bond motifs is 1. The number of carbonyl (C=O) groups is 1. The van der Waals surface area contributed by atoms with Crippen molar-refractivity contribution in [2.24, 2.45) is 0 Å². The van der Waals surface area contributed by atoms with Crippen LogP contribution in [0.3, 0.4) is 0 Å². The largest absolute Gasteiger partial charge is 0.486 e. The zero-order valence-corrected chi connectivity index (χ0v) is 18.1. The maximum atomic E-state index is 13.1. The number of nitrogens with one attached hydrogen (secondary N) is 2. The number of carbonyl (C=O) groups excluding carboxylic acids is 1. The Balaban J connectivity index is 1.22. The lowest BCUT2D eigenvalue weighted by molar-refractivity contribution is 0.0783. The Kier molecular flexibility index (Phi) is 5.68. The van der Waals surface area contributed by atoms with E-state index in [1.165, 1.54) is 6.42 Å². The molecule has 1 saturated heterocycles. The van der Waals surface area contributed by atoms with Crippen LogP contribution >= 0.6 is 11.6 Å². The Morgan fingerprint density at radius 3 is 2.94 bits per heavy atom. The van der Waals surface area contributed by atoms with Gasteiger partial charge in [-0.2, -0.15) is 10.2 Å². The quantitative estimate of drug-likeness (QED) is 0.581. The van der Waals surface area contributed by atoms with Crippen LogP contribution in [0.1, 0.15) is 64.7 Å². The fourth-order valence-corrected chi connectivity index (χ4v) is 4.74. The van der Waals surface area contributed by atoms with Gasteiger partial charge in [0, 0.05) is 30.3 Å². The fraction of sp³-hybridized carbons (Fsp3) is 0.435. The molecule has 5 rings (SSSR count). The van der Waals surface area contributed by atoms with Gasteiger partial charge in [-0.25, -0.2) is 0 Å². The van der Waals surface area contributed by atoms with Crippen LogP contribution in [-0.4, -0.2) is 44.3 Å². The SMILES string of the molecule is O=C(c1n[nH]c2c1CCCCC2)N1CCC(c2cc(COc3ccccc3Cl)[nH]n2)C1. The predicted octanol–water partition coefficient (Wildman–Crippen LogP) is 4.26. The van der Waals surface area contributed by atoms with Crippen molar-refractivity contribution < 1.29 is 9.53 Å². The molecule has 1 aliphatic heterocycles. The molecule has 3 aromatic rings. The smallest absolute Gasteiger partial charge is 0.274 e. The highest BCUT2D eigenvalue weighted by Crippen LogP contribution is 2.30. The number of aromatic nitrogens is 4. The molecule has 0 saturated carbocycles. The van der Waals surface area contributed by atoms with Crippen LogP contribution in [0.5, 0.6) is 5.75 Å². The molecule has 2 aliphatic rings. The first-order valence-corrected chi connectivity index (χ1v) is 11.3. The van der Waals surface area contributed by atoms with Crippen molar-refractivity contribution in [1.29, 1.82) is 0 Å². The average Bonchev–Trinajstić information content (AvgIpc) is 3.50. The van der Waals surface area contributed by atoms with Gasteiger partial charge in [0.15, 0.2) is 5.69 Å². The van der Waals surface area contributed by atoms with Gasteiger partial charge in [0.1, 0.15) is 12.4 Å². The highest BCUT2D eigenvalue weighted by Gasteiger charge is 2.32. The van der Waals surface area contributed by atoms with Crippen LogP contribution in [-0.2, 0) is 19.4 Å². The lowest BCUT2D eigenvalue weighted by atomic mass is 10.0. The first-order chi connectivity index (χ1) is 15.2. The number of hydrogen-bond donors (Lipinski definition) is 2. The number of amides is 1. The average molecular weight is 440 g/mol. The molecule has 0 spiro atoms. The molecule has 1 amide bonds. The van der Waals surface area contributed by atoms with E-state index in [4.69, 9.17) is 16.3 Å². The summed E-state index contributed by atoms with van der Waals surface area (Å²) in [5, 5.41) is 15.6. The number of aryl methyl sites for hydroxylation is 1. The van der Waals surface area contributed by atoms with Crippen molar-refractivity contribution in [2.45, 2.75) is 51.0 Å². The Hall–Kier alpha value is -2.80. The Labute approximate surface area is 186 Å². The number of halogens is 1. The standard InChI is InChI=1S/C23H26ClN5O2/c24-18-7-4-5-9-21(18)31-14-16-12-20(27-25-16)15-10-11-29(13-15)23(30)22-17-6-2-1-3-8-19(17)26-28-22/h4-5,7,9,12,15H,1-3,6,8,10-11,13-14H2,(H,25,27)(H,26,28). The Bertz CT molecular complexity index is 1080. The van der Waals surface area contributed by atoms with E-state index in [1.807, 2.05) is 29.2 Å². The van der Waals surface area contributed by atoms with Crippen LogP contribution in [0.25, 0.3) is 0 Å². The minimum Gasteiger partial charge on any atom is -0.486 e. The van der Waals surface area contributed by atoms with Crippen molar-refractivity contribution in [1.82, 2.24) is 25.3 Å². The van der Waals surface area contributed by atoms with E-state index in [0.29, 0.717) is 29.6 Å². The summed E-state index contributed by atoms with van der Waals surface area (Å²) in [6, 6.07) is 9.43. The highest BCUT2D eigenvalue weighted by atomic mass is 35.5. The molecular weight excluding hydrogens is 414 g/mol. The van der Waals surface area contributed by atoms with Gasteiger partial charge in [0.2, 0.25) is 0 Å². The third-order valence-electron chi connectivity index (χ3n) is 6.27. The minimum absolute atomic E-state index is 0.0414. The molecule has 31 heavy (non-hydrogen) atoms. The summed E-state index contributed by atoms with van der Waals surface area (Å²) >= 11 is 6.14. The summed E-state index contributed by atoms with van der Waals surface area (Å²) in [5.74, 6) is 0.905. The van der Waals surface area contributed by atoms with E-state index in [-0.39, 0.29) is 11.8 Å². The van der Waals surface area contributed by atoms with Gasteiger partial charge >= 0.3 is 0 Å². The number of para-hydroxylation sites is 1. The zero-order chi connectivity index (χ0) is 21.2. The lowest BCUT2D eigenvalue weighted by Crippen LogP contribution is -2.29. The molecule has 1 aliphatic carbocycles. The van der Waals surface area contributed by atoms with E-state index in [1.54, 1.807) is 6.07 Å². The highest BCUT2D eigenvalue weighted by molar-refractivity contribution is 6.32. The second-order valence-corrected chi connectivity index (χ2v) is 8.77. The molecule has 0 bridgehead atoms. The molecule has 0 radical (unpaired) electrons. The van der Waals surface area contributed by atoms with Gasteiger partial charge in [0.05, 0.1) is 16.4 Å². The molecule has 1 atom stereocenters. The van der Waals surface area contributed by atoms with Crippen molar-refractivity contribution in [3.8, 4) is 5.75 Å². The molecule has 2 N–H and O–H groups in total. The Morgan fingerprint density at radius 2 is 2.03 bits per heavy atom. The van der Waals surface area contributed by atoms with Gasteiger partial charge in [-0.15, -0.1) is 0 Å². The number of nitrogens with zero attached hydrogens (tertiary/aromatic N) is 3. The summed E-state index contributed by atoms with van der Waals surface area (Å²) in [4.78, 5) is 15.1. The van der Waals surface area contributed by atoms with Crippen LogP contribution in [0.4, 0.5) is 0 Å². The van der Waals surface area contributed by atoms with Crippen LogP contribution in [0.15, 0.2) is 30.3 Å². The summed E-state index contributed by atoms with van der Waals surface area (Å²) in [6.45, 7) is 1.76. The van der Waals surface area contributed by atoms with E-state index < -0.39 is 0 Å². The molecule has 162 valence electrons. The number of benzene rings is 1. The number of hydrogen-bond acceptors (Lipinski definition) is 4. The molecule has 1 fully saturated rings. The summed E-state index contributed by atoms with van der Waals surface area (Å²) in [5.41, 5.74) is 4.75. The monoisotopic (exact) mass is 439 g/mol. The number of likely N-dealkylation sites (tertiary alicyclic amines) is 1. The predicted molar refractivity (Wildman–Crippen MR) is 117 cm³/mol. The van der Waals surface area contributed by atoms with E-state index in [9.17, 15) is 4.79 Å². The number of ether oxygens (including phenoxy) is 1. The normalized spacial score (nSPS) is 18.6. The van der Waals surface area contributed by atoms with Crippen molar-refractivity contribution in [3.05, 3.63) is 63.7 Å². The van der Waals surface area contributed by atoms with Crippen molar-refractivity contribution in [3.63, 3.8) is 0 Å². The molecule has 8 heteroatoms.